The normalized spacial score (nSPS) is 18.0. The molecule has 1 aromatic rings. The molecule has 162 valence electrons. The van der Waals surface area contributed by atoms with Crippen LogP contribution in [0.5, 0.6) is 0 Å². The molecule has 0 radical (unpaired) electrons. The number of anilines is 1. The minimum absolute atomic E-state index is 0.00588. The van der Waals surface area contributed by atoms with E-state index < -0.39 is 0 Å². The average Bonchev–Trinajstić information content (AvgIpc) is 3.14. The Kier molecular flexibility index (Phi) is 8.50. The van der Waals surface area contributed by atoms with E-state index in [-0.39, 0.29) is 17.9 Å². The molecule has 0 bridgehead atoms. The van der Waals surface area contributed by atoms with Gasteiger partial charge in [-0.15, -0.1) is 0 Å². The zero-order valence-corrected chi connectivity index (χ0v) is 18.9. The van der Waals surface area contributed by atoms with Crippen molar-refractivity contribution in [3.05, 3.63) is 29.3 Å². The van der Waals surface area contributed by atoms with Crippen LogP contribution in [0.25, 0.3) is 0 Å². The molecule has 0 aliphatic carbocycles. The molecule has 2 amide bonds. The van der Waals surface area contributed by atoms with Crippen LogP contribution in [0.3, 0.4) is 0 Å². The van der Waals surface area contributed by atoms with Crippen molar-refractivity contribution in [3.63, 3.8) is 0 Å². The highest BCUT2D eigenvalue weighted by Crippen LogP contribution is 2.22. The maximum Gasteiger partial charge on any atom is 0.251 e. The molecule has 0 aromatic heterocycles. The number of rotatable bonds is 9. The molecule has 0 saturated carbocycles. The Morgan fingerprint density at radius 1 is 1.24 bits per heavy atom. The molecule has 1 aliphatic heterocycles. The third-order valence-corrected chi connectivity index (χ3v) is 5.96. The predicted octanol–water partition coefficient (Wildman–Crippen LogP) is 3.12. The molecule has 29 heavy (non-hydrogen) atoms. The lowest BCUT2D eigenvalue weighted by molar-refractivity contribution is -0.133. The van der Waals surface area contributed by atoms with Crippen LogP contribution in [0.2, 0.25) is 0 Å². The van der Waals surface area contributed by atoms with Crippen LogP contribution in [0.4, 0.5) is 5.69 Å². The van der Waals surface area contributed by atoms with E-state index in [0.29, 0.717) is 24.1 Å². The predicted molar refractivity (Wildman–Crippen MR) is 119 cm³/mol. The molecule has 1 saturated heterocycles. The van der Waals surface area contributed by atoms with Crippen molar-refractivity contribution >= 4 is 17.5 Å². The number of hydrogen-bond donors (Lipinski definition) is 2. The van der Waals surface area contributed by atoms with Crippen LogP contribution in [-0.2, 0) is 4.79 Å². The highest BCUT2D eigenvalue weighted by Gasteiger charge is 2.31. The molecular weight excluding hydrogens is 364 g/mol. The SMILES string of the molecule is Cc1c(N[C@H](C)C(C)C)cccc1C(=O)NCCCN1CCC[C@H]1C(=O)N(C)C. The number of likely N-dealkylation sites (N-methyl/N-ethyl adjacent to an activating group) is 1. The van der Waals surface area contributed by atoms with Gasteiger partial charge in [-0.05, 0) is 63.3 Å². The maximum atomic E-state index is 12.7. The number of hydrogen-bond acceptors (Lipinski definition) is 4. The molecule has 1 fully saturated rings. The fraction of sp³-hybridized carbons (Fsp3) is 0.652. The zero-order chi connectivity index (χ0) is 21.6. The van der Waals surface area contributed by atoms with Gasteiger partial charge >= 0.3 is 0 Å². The van der Waals surface area contributed by atoms with Crippen molar-refractivity contribution in [2.75, 3.05) is 39.0 Å². The van der Waals surface area contributed by atoms with E-state index in [9.17, 15) is 9.59 Å². The highest BCUT2D eigenvalue weighted by molar-refractivity contribution is 5.97. The number of likely N-dealkylation sites (tertiary alicyclic amines) is 1. The molecule has 1 aromatic carbocycles. The number of benzene rings is 1. The molecule has 0 unspecified atom stereocenters. The Hall–Kier alpha value is -2.08. The first-order valence-electron chi connectivity index (χ1n) is 10.8. The van der Waals surface area contributed by atoms with Gasteiger partial charge in [-0.3, -0.25) is 14.5 Å². The second kappa shape index (κ2) is 10.6. The van der Waals surface area contributed by atoms with Crippen molar-refractivity contribution < 1.29 is 9.59 Å². The molecule has 1 heterocycles. The third-order valence-electron chi connectivity index (χ3n) is 5.96. The van der Waals surface area contributed by atoms with Crippen molar-refractivity contribution in [3.8, 4) is 0 Å². The number of amides is 2. The Morgan fingerprint density at radius 2 is 1.97 bits per heavy atom. The van der Waals surface area contributed by atoms with Gasteiger partial charge in [-0.1, -0.05) is 19.9 Å². The molecule has 2 rings (SSSR count). The van der Waals surface area contributed by atoms with E-state index in [1.165, 1.54) is 0 Å². The van der Waals surface area contributed by atoms with Crippen LogP contribution in [-0.4, -0.2) is 67.4 Å². The van der Waals surface area contributed by atoms with Crippen molar-refractivity contribution in [1.29, 1.82) is 0 Å². The van der Waals surface area contributed by atoms with Gasteiger partial charge in [0.25, 0.3) is 5.91 Å². The summed E-state index contributed by atoms with van der Waals surface area (Å²) in [6.45, 7) is 10.9. The summed E-state index contributed by atoms with van der Waals surface area (Å²) < 4.78 is 0. The Balaban J connectivity index is 1.86. The Bertz CT molecular complexity index is 702. The highest BCUT2D eigenvalue weighted by atomic mass is 16.2. The van der Waals surface area contributed by atoms with E-state index >= 15 is 0 Å². The number of carbonyl (C=O) groups excluding carboxylic acids is 2. The van der Waals surface area contributed by atoms with Crippen LogP contribution in [0, 0.1) is 12.8 Å². The molecule has 6 heteroatoms. The van der Waals surface area contributed by atoms with E-state index in [1.54, 1.807) is 4.90 Å². The van der Waals surface area contributed by atoms with Gasteiger partial charge in [0.1, 0.15) is 0 Å². The second-order valence-corrected chi connectivity index (χ2v) is 8.69. The summed E-state index contributed by atoms with van der Waals surface area (Å²) in [6.07, 6.45) is 2.83. The van der Waals surface area contributed by atoms with E-state index in [4.69, 9.17) is 0 Å². The van der Waals surface area contributed by atoms with Gasteiger partial charge in [0, 0.05) is 44.5 Å². The summed E-state index contributed by atoms with van der Waals surface area (Å²) in [5, 5.41) is 6.56. The van der Waals surface area contributed by atoms with Crippen LogP contribution in [0.1, 0.15) is 56.0 Å². The lowest BCUT2D eigenvalue weighted by Crippen LogP contribution is -2.43. The van der Waals surface area contributed by atoms with Crippen molar-refractivity contribution in [2.45, 2.75) is 59.0 Å². The monoisotopic (exact) mass is 402 g/mol. The second-order valence-electron chi connectivity index (χ2n) is 8.69. The molecule has 2 atom stereocenters. The first-order chi connectivity index (χ1) is 13.7. The summed E-state index contributed by atoms with van der Waals surface area (Å²) in [7, 11) is 3.62. The maximum absolute atomic E-state index is 12.7. The number of nitrogens with one attached hydrogen (secondary N) is 2. The molecular formula is C23H38N4O2. The topological polar surface area (TPSA) is 64.7 Å². The zero-order valence-electron chi connectivity index (χ0n) is 18.9. The van der Waals surface area contributed by atoms with Crippen LogP contribution < -0.4 is 10.6 Å². The van der Waals surface area contributed by atoms with Gasteiger partial charge in [-0.2, -0.15) is 0 Å². The minimum atomic E-state index is -0.0364. The Labute approximate surface area is 176 Å². The molecule has 1 aliphatic rings. The third kappa shape index (κ3) is 6.20. The summed E-state index contributed by atoms with van der Waals surface area (Å²) in [5.41, 5.74) is 2.71. The van der Waals surface area contributed by atoms with Gasteiger partial charge in [0.2, 0.25) is 5.91 Å². The van der Waals surface area contributed by atoms with Crippen LogP contribution >= 0.6 is 0 Å². The fourth-order valence-corrected chi connectivity index (χ4v) is 3.70. The van der Waals surface area contributed by atoms with E-state index in [0.717, 1.165) is 43.6 Å². The molecule has 6 nitrogen and oxygen atoms in total. The Morgan fingerprint density at radius 3 is 2.62 bits per heavy atom. The van der Waals surface area contributed by atoms with Crippen LogP contribution in [0.15, 0.2) is 18.2 Å². The summed E-state index contributed by atoms with van der Waals surface area (Å²) in [6, 6.07) is 6.17. The van der Waals surface area contributed by atoms with E-state index in [2.05, 4.69) is 36.3 Å². The first-order valence-corrected chi connectivity index (χ1v) is 10.8. The molecule has 0 spiro atoms. The van der Waals surface area contributed by atoms with Crippen molar-refractivity contribution in [1.82, 2.24) is 15.1 Å². The van der Waals surface area contributed by atoms with Gasteiger partial charge in [-0.25, -0.2) is 0 Å². The van der Waals surface area contributed by atoms with Gasteiger partial charge in [0.15, 0.2) is 0 Å². The fourth-order valence-electron chi connectivity index (χ4n) is 3.70. The van der Waals surface area contributed by atoms with E-state index in [1.807, 2.05) is 39.2 Å². The largest absolute Gasteiger partial charge is 0.382 e. The summed E-state index contributed by atoms with van der Waals surface area (Å²) in [5.74, 6) is 0.661. The summed E-state index contributed by atoms with van der Waals surface area (Å²) >= 11 is 0. The van der Waals surface area contributed by atoms with Gasteiger partial charge in [0.05, 0.1) is 6.04 Å². The summed E-state index contributed by atoms with van der Waals surface area (Å²) in [4.78, 5) is 28.9. The smallest absolute Gasteiger partial charge is 0.251 e. The quantitative estimate of drug-likeness (QED) is 0.623. The lowest BCUT2D eigenvalue weighted by atomic mass is 10.0. The van der Waals surface area contributed by atoms with Gasteiger partial charge < -0.3 is 15.5 Å². The van der Waals surface area contributed by atoms with Crippen molar-refractivity contribution in [2.24, 2.45) is 5.92 Å². The number of carbonyl (C=O) groups is 2. The first kappa shape index (κ1) is 23.2. The lowest BCUT2D eigenvalue weighted by Gasteiger charge is -2.26. The number of nitrogens with zero attached hydrogens (tertiary/aromatic N) is 2. The standard InChI is InChI=1S/C23H38N4O2/c1-16(2)18(4)25-20-11-7-10-19(17(20)3)22(28)24-13-9-15-27-14-8-12-21(27)23(29)26(5)6/h7,10-11,16,18,21,25H,8-9,12-15H2,1-6H3,(H,24,28)/t18-,21+/m1/s1. The minimum Gasteiger partial charge on any atom is -0.382 e. The molecule has 2 N–H and O–H groups in total. The average molecular weight is 403 g/mol.